The number of halogens is 1. The number of rotatable bonds is 3. The molecule has 3 rings (SSSR count). The Morgan fingerprint density at radius 3 is 2.78 bits per heavy atom. The van der Waals surface area contributed by atoms with E-state index in [-0.39, 0.29) is 5.56 Å². The van der Waals surface area contributed by atoms with Crippen LogP contribution in [-0.2, 0) is 6.42 Å². The lowest BCUT2D eigenvalue weighted by molar-refractivity contribution is 0.789. The van der Waals surface area contributed by atoms with Gasteiger partial charge in [0.25, 0.3) is 5.56 Å². The van der Waals surface area contributed by atoms with Crippen LogP contribution in [0.1, 0.15) is 17.0 Å². The lowest BCUT2D eigenvalue weighted by atomic mass is 10.1. The molecular formula is C17H17ClN4O. The zero-order valence-electron chi connectivity index (χ0n) is 13.0. The monoisotopic (exact) mass is 328 g/mol. The number of nitrogens with zero attached hydrogens (tertiary/aromatic N) is 3. The Hall–Kier alpha value is -2.24. The van der Waals surface area contributed by atoms with Crippen LogP contribution < -0.4 is 11.3 Å². The molecule has 0 amide bonds. The molecule has 118 valence electrons. The minimum atomic E-state index is -0.195. The first-order valence-electron chi connectivity index (χ1n) is 7.36. The molecule has 0 radical (unpaired) electrons. The van der Waals surface area contributed by atoms with Gasteiger partial charge in [-0.3, -0.25) is 14.3 Å². The third kappa shape index (κ3) is 2.62. The maximum Gasteiger partial charge on any atom is 0.267 e. The van der Waals surface area contributed by atoms with Crippen molar-refractivity contribution in [2.75, 3.05) is 6.54 Å². The molecule has 1 aromatic carbocycles. The van der Waals surface area contributed by atoms with E-state index in [1.807, 2.05) is 13.8 Å². The van der Waals surface area contributed by atoms with Crippen molar-refractivity contribution in [3.63, 3.8) is 0 Å². The Bertz CT molecular complexity index is 949. The van der Waals surface area contributed by atoms with Crippen molar-refractivity contribution < 1.29 is 0 Å². The van der Waals surface area contributed by atoms with Crippen molar-refractivity contribution in [1.82, 2.24) is 14.5 Å². The highest BCUT2D eigenvalue weighted by atomic mass is 35.5. The Morgan fingerprint density at radius 2 is 2.04 bits per heavy atom. The lowest BCUT2D eigenvalue weighted by Crippen LogP contribution is -2.26. The third-order valence-corrected chi connectivity index (χ3v) is 4.28. The van der Waals surface area contributed by atoms with Crippen molar-refractivity contribution in [2.45, 2.75) is 20.3 Å². The van der Waals surface area contributed by atoms with Crippen LogP contribution in [0.15, 0.2) is 35.4 Å². The number of nitrogens with two attached hydrogens (primary N) is 1. The second-order valence-corrected chi connectivity index (χ2v) is 5.85. The van der Waals surface area contributed by atoms with Crippen LogP contribution in [0, 0.1) is 13.8 Å². The molecule has 0 aliphatic rings. The van der Waals surface area contributed by atoms with Crippen LogP contribution in [-0.4, -0.2) is 21.1 Å². The number of aryl methyl sites for hydroxylation is 1. The molecule has 0 aliphatic carbocycles. The molecule has 23 heavy (non-hydrogen) atoms. The first kappa shape index (κ1) is 15.6. The summed E-state index contributed by atoms with van der Waals surface area (Å²) in [5.41, 5.74) is 8.79. The minimum absolute atomic E-state index is 0.195. The Morgan fingerprint density at radius 1 is 1.26 bits per heavy atom. The van der Waals surface area contributed by atoms with Gasteiger partial charge in [0.15, 0.2) is 0 Å². The molecule has 3 aromatic rings. The van der Waals surface area contributed by atoms with Gasteiger partial charge in [0, 0.05) is 12.6 Å². The summed E-state index contributed by atoms with van der Waals surface area (Å²) >= 11 is 6.23. The van der Waals surface area contributed by atoms with Gasteiger partial charge in [-0.15, -0.1) is 0 Å². The van der Waals surface area contributed by atoms with E-state index in [4.69, 9.17) is 17.3 Å². The fraction of sp³-hybridized carbons (Fsp3) is 0.235. The average Bonchev–Trinajstić information content (AvgIpc) is 2.51. The first-order chi connectivity index (χ1) is 11.0. The highest BCUT2D eigenvalue weighted by Gasteiger charge is 2.16. The van der Waals surface area contributed by atoms with Crippen molar-refractivity contribution in [3.05, 3.63) is 62.9 Å². The molecular weight excluding hydrogens is 312 g/mol. The summed E-state index contributed by atoms with van der Waals surface area (Å²) in [5, 5.41) is 0.808. The third-order valence-electron chi connectivity index (χ3n) is 3.97. The van der Waals surface area contributed by atoms with Gasteiger partial charge in [-0.2, -0.15) is 0 Å². The van der Waals surface area contributed by atoms with Crippen LogP contribution in [0.2, 0.25) is 5.02 Å². The summed E-state index contributed by atoms with van der Waals surface area (Å²) in [6.45, 7) is 4.32. The second-order valence-electron chi connectivity index (χ2n) is 5.44. The molecule has 0 spiro atoms. The van der Waals surface area contributed by atoms with E-state index < -0.39 is 0 Å². The van der Waals surface area contributed by atoms with Gasteiger partial charge in [0.2, 0.25) is 0 Å². The van der Waals surface area contributed by atoms with Gasteiger partial charge in [-0.05, 0) is 43.7 Å². The standard InChI is InChI=1S/C17H17ClN4O/c1-10-8-20-9-14(11(10)2)22-15(6-7-19)21-13-5-3-4-12(18)16(13)17(22)23/h3-5,8-9H,6-7,19H2,1-2H3. The van der Waals surface area contributed by atoms with Crippen molar-refractivity contribution >= 4 is 22.5 Å². The molecule has 0 fully saturated rings. The molecule has 2 heterocycles. The molecule has 0 aliphatic heterocycles. The highest BCUT2D eigenvalue weighted by Crippen LogP contribution is 2.22. The van der Waals surface area contributed by atoms with Crippen LogP contribution in [0.4, 0.5) is 0 Å². The lowest BCUT2D eigenvalue weighted by Gasteiger charge is -2.16. The summed E-state index contributed by atoms with van der Waals surface area (Å²) < 4.78 is 1.58. The number of hydrogen-bond donors (Lipinski definition) is 1. The quantitative estimate of drug-likeness (QED) is 0.802. The van der Waals surface area contributed by atoms with Crippen LogP contribution in [0.5, 0.6) is 0 Å². The van der Waals surface area contributed by atoms with Crippen LogP contribution in [0.3, 0.4) is 0 Å². The normalized spacial score (nSPS) is 11.1. The summed E-state index contributed by atoms with van der Waals surface area (Å²) in [6.07, 6.45) is 3.94. The van der Waals surface area contributed by atoms with E-state index in [0.29, 0.717) is 40.4 Å². The number of hydrogen-bond acceptors (Lipinski definition) is 4. The Kier molecular flexibility index (Phi) is 4.15. The number of pyridine rings is 1. The highest BCUT2D eigenvalue weighted by molar-refractivity contribution is 6.35. The predicted molar refractivity (Wildman–Crippen MR) is 92.4 cm³/mol. The average molecular weight is 329 g/mol. The summed E-state index contributed by atoms with van der Waals surface area (Å²) in [6, 6.07) is 5.27. The van der Waals surface area contributed by atoms with Crippen LogP contribution in [0.25, 0.3) is 16.6 Å². The van der Waals surface area contributed by atoms with Gasteiger partial charge in [-0.1, -0.05) is 17.7 Å². The van der Waals surface area contributed by atoms with Crippen molar-refractivity contribution in [1.29, 1.82) is 0 Å². The van der Waals surface area contributed by atoms with E-state index >= 15 is 0 Å². The molecule has 0 bridgehead atoms. The van der Waals surface area contributed by atoms with Gasteiger partial charge in [0.1, 0.15) is 5.82 Å². The molecule has 0 unspecified atom stereocenters. The summed E-state index contributed by atoms with van der Waals surface area (Å²) in [7, 11) is 0. The molecule has 2 N–H and O–H groups in total. The van der Waals surface area contributed by atoms with Gasteiger partial charge >= 0.3 is 0 Å². The Labute approximate surface area is 138 Å². The summed E-state index contributed by atoms with van der Waals surface area (Å²) in [5.74, 6) is 0.614. The van der Waals surface area contributed by atoms with E-state index in [0.717, 1.165) is 11.1 Å². The van der Waals surface area contributed by atoms with Gasteiger partial charge in [-0.25, -0.2) is 4.98 Å². The minimum Gasteiger partial charge on any atom is -0.330 e. The molecule has 6 heteroatoms. The summed E-state index contributed by atoms with van der Waals surface area (Å²) in [4.78, 5) is 21.9. The number of fused-ring (bicyclic) bond motifs is 1. The first-order valence-corrected chi connectivity index (χ1v) is 7.74. The predicted octanol–water partition coefficient (Wildman–Crippen LogP) is 2.55. The van der Waals surface area contributed by atoms with Gasteiger partial charge in [0.05, 0.1) is 27.8 Å². The van der Waals surface area contributed by atoms with Crippen molar-refractivity contribution in [2.24, 2.45) is 5.73 Å². The fourth-order valence-electron chi connectivity index (χ4n) is 2.62. The largest absolute Gasteiger partial charge is 0.330 e. The van der Waals surface area contributed by atoms with E-state index in [1.54, 1.807) is 35.2 Å². The van der Waals surface area contributed by atoms with Crippen LogP contribution >= 0.6 is 11.6 Å². The topological polar surface area (TPSA) is 73.8 Å². The molecule has 2 aromatic heterocycles. The van der Waals surface area contributed by atoms with Crippen molar-refractivity contribution in [3.8, 4) is 5.69 Å². The molecule has 5 nitrogen and oxygen atoms in total. The smallest absolute Gasteiger partial charge is 0.267 e. The zero-order valence-corrected chi connectivity index (χ0v) is 13.8. The second kappa shape index (κ2) is 6.10. The number of benzene rings is 1. The maximum absolute atomic E-state index is 13.1. The van der Waals surface area contributed by atoms with E-state index in [9.17, 15) is 4.79 Å². The molecule has 0 saturated carbocycles. The fourth-order valence-corrected chi connectivity index (χ4v) is 2.87. The maximum atomic E-state index is 13.1. The SMILES string of the molecule is Cc1cncc(-n2c(CCN)nc3cccc(Cl)c3c2=O)c1C. The Balaban J connectivity index is 2.45. The molecule has 0 saturated heterocycles. The van der Waals surface area contributed by atoms with Gasteiger partial charge < -0.3 is 5.73 Å². The number of aromatic nitrogens is 3. The van der Waals surface area contributed by atoms with E-state index in [1.165, 1.54) is 0 Å². The zero-order chi connectivity index (χ0) is 16.6. The molecule has 0 atom stereocenters. The van der Waals surface area contributed by atoms with E-state index in [2.05, 4.69) is 9.97 Å².